The number of hydrogen-bond acceptors (Lipinski definition) is 3. The first kappa shape index (κ1) is 9.33. The first-order valence-corrected chi connectivity index (χ1v) is 5.42. The quantitative estimate of drug-likeness (QED) is 0.661. The highest BCUT2D eigenvalue weighted by Crippen LogP contribution is 2.36. The second-order valence-corrected chi connectivity index (χ2v) is 4.06. The monoisotopic (exact) mass is 212 g/mol. The highest BCUT2D eigenvalue weighted by molar-refractivity contribution is 6.48. The van der Waals surface area contributed by atoms with Gasteiger partial charge in [-0.2, -0.15) is 0 Å². The molecule has 1 aliphatic carbocycles. The molecule has 1 aromatic rings. The van der Waals surface area contributed by atoms with Crippen molar-refractivity contribution >= 4 is 22.9 Å². The van der Waals surface area contributed by atoms with Gasteiger partial charge in [0.15, 0.2) is 5.78 Å². The van der Waals surface area contributed by atoms with Crippen molar-refractivity contribution in [1.82, 2.24) is 0 Å². The van der Waals surface area contributed by atoms with Crippen molar-refractivity contribution in [2.24, 2.45) is 4.99 Å². The zero-order valence-electron chi connectivity index (χ0n) is 9.10. The summed E-state index contributed by atoms with van der Waals surface area (Å²) in [4.78, 5) is 18.3. The van der Waals surface area contributed by atoms with Gasteiger partial charge in [-0.15, -0.1) is 0 Å². The van der Waals surface area contributed by atoms with Crippen LogP contribution < -0.4 is 4.90 Å². The summed E-state index contributed by atoms with van der Waals surface area (Å²) in [5, 5.41) is 0. The number of carbonyl (C=O) groups is 1. The molecule has 0 N–H and O–H groups in total. The number of fused-ring (bicyclic) bond motifs is 2. The van der Waals surface area contributed by atoms with Crippen LogP contribution >= 0.6 is 0 Å². The minimum Gasteiger partial charge on any atom is -0.341 e. The number of aliphatic imine (C=N–C) groups is 1. The fourth-order valence-electron chi connectivity index (χ4n) is 2.21. The van der Waals surface area contributed by atoms with Crippen molar-refractivity contribution in [1.29, 1.82) is 0 Å². The van der Waals surface area contributed by atoms with Gasteiger partial charge in [-0.05, 0) is 18.6 Å². The lowest BCUT2D eigenvalue weighted by Crippen LogP contribution is -2.33. The average Bonchev–Trinajstić information content (AvgIpc) is 2.31. The molecule has 0 unspecified atom stereocenters. The third-order valence-corrected chi connectivity index (χ3v) is 3.05. The van der Waals surface area contributed by atoms with Crippen LogP contribution in [0.2, 0.25) is 0 Å². The number of carbonyl (C=O) groups excluding carboxylic acids is 1. The molecule has 1 aromatic carbocycles. The Hall–Kier alpha value is -1.90. The van der Waals surface area contributed by atoms with Crippen LogP contribution in [-0.4, -0.2) is 18.5 Å². The van der Waals surface area contributed by atoms with E-state index < -0.39 is 0 Å². The molecule has 3 heteroatoms. The van der Waals surface area contributed by atoms with E-state index in [1.54, 1.807) is 0 Å². The van der Waals surface area contributed by atoms with E-state index in [2.05, 4.69) is 16.0 Å². The van der Waals surface area contributed by atoms with Gasteiger partial charge in [0.1, 0.15) is 5.71 Å². The molecule has 0 saturated carbocycles. The Bertz CT molecular complexity index is 528. The van der Waals surface area contributed by atoms with Crippen LogP contribution in [0.1, 0.15) is 12.8 Å². The first-order valence-electron chi connectivity index (χ1n) is 5.42. The van der Waals surface area contributed by atoms with Crippen molar-refractivity contribution in [3.63, 3.8) is 0 Å². The predicted octanol–water partition coefficient (Wildman–Crippen LogP) is 2.46. The Morgan fingerprint density at radius 3 is 3.00 bits per heavy atom. The van der Waals surface area contributed by atoms with Gasteiger partial charge in [0.2, 0.25) is 0 Å². The maximum atomic E-state index is 11.8. The fourth-order valence-corrected chi connectivity index (χ4v) is 2.21. The number of hydrogen-bond donors (Lipinski definition) is 0. The number of nitrogens with zero attached hydrogens (tertiary/aromatic N) is 2. The summed E-state index contributed by atoms with van der Waals surface area (Å²) < 4.78 is 0. The van der Waals surface area contributed by atoms with E-state index in [4.69, 9.17) is 0 Å². The molecule has 2 aliphatic rings. The van der Waals surface area contributed by atoms with Crippen LogP contribution in [0.15, 0.2) is 41.0 Å². The zero-order valence-corrected chi connectivity index (χ0v) is 9.10. The highest BCUT2D eigenvalue weighted by atomic mass is 16.1. The van der Waals surface area contributed by atoms with Crippen LogP contribution in [0.3, 0.4) is 0 Å². The second kappa shape index (κ2) is 3.30. The third kappa shape index (κ3) is 1.21. The van der Waals surface area contributed by atoms with Crippen LogP contribution in [0.4, 0.5) is 11.4 Å². The number of benzene rings is 1. The minimum atomic E-state index is 0.152. The molecule has 16 heavy (non-hydrogen) atoms. The van der Waals surface area contributed by atoms with Gasteiger partial charge >= 0.3 is 0 Å². The van der Waals surface area contributed by atoms with Crippen molar-refractivity contribution in [2.75, 3.05) is 11.9 Å². The topological polar surface area (TPSA) is 32.7 Å². The summed E-state index contributed by atoms with van der Waals surface area (Å²) in [7, 11) is 1.98. The van der Waals surface area contributed by atoms with Gasteiger partial charge in [-0.3, -0.25) is 4.79 Å². The Morgan fingerprint density at radius 2 is 2.12 bits per heavy atom. The van der Waals surface area contributed by atoms with Gasteiger partial charge in [0.05, 0.1) is 17.1 Å². The number of para-hydroxylation sites is 2. The van der Waals surface area contributed by atoms with Crippen LogP contribution in [-0.2, 0) is 4.79 Å². The maximum Gasteiger partial charge on any atom is 0.183 e. The predicted molar refractivity (Wildman–Crippen MR) is 64.3 cm³/mol. The van der Waals surface area contributed by atoms with E-state index in [0.717, 1.165) is 23.5 Å². The molecule has 1 heterocycles. The van der Waals surface area contributed by atoms with Crippen LogP contribution in [0.5, 0.6) is 0 Å². The normalized spacial score (nSPS) is 18.6. The third-order valence-electron chi connectivity index (χ3n) is 3.05. The van der Waals surface area contributed by atoms with Gasteiger partial charge in [0, 0.05) is 13.5 Å². The molecule has 80 valence electrons. The van der Waals surface area contributed by atoms with E-state index in [0.29, 0.717) is 12.1 Å². The second-order valence-electron chi connectivity index (χ2n) is 4.06. The smallest absolute Gasteiger partial charge is 0.183 e. The molecule has 0 spiro atoms. The molecule has 0 fully saturated rings. The fraction of sp³-hybridized carbons (Fsp3) is 0.231. The Kier molecular flexibility index (Phi) is 1.93. The van der Waals surface area contributed by atoms with E-state index >= 15 is 0 Å². The largest absolute Gasteiger partial charge is 0.341 e. The number of anilines is 1. The standard InChI is InChI=1S/C13H12N2O/c1-15-10-6-3-2-5-9(10)14-13-11(15)7-4-8-12(13)16/h2-3,5-7H,4,8H2,1H3. The van der Waals surface area contributed by atoms with Gasteiger partial charge in [0.25, 0.3) is 0 Å². The highest BCUT2D eigenvalue weighted by Gasteiger charge is 2.28. The lowest BCUT2D eigenvalue weighted by Gasteiger charge is -2.30. The number of Topliss-reactive ketones (excluding diaryl/α,β-unsaturated/α-hetero) is 1. The summed E-state index contributed by atoms with van der Waals surface area (Å²) in [6.45, 7) is 0. The minimum absolute atomic E-state index is 0.152. The van der Waals surface area contributed by atoms with Crippen LogP contribution in [0.25, 0.3) is 0 Å². The van der Waals surface area contributed by atoms with Gasteiger partial charge in [-0.1, -0.05) is 18.2 Å². The first-order chi connectivity index (χ1) is 7.77. The summed E-state index contributed by atoms with van der Waals surface area (Å²) in [6.07, 6.45) is 3.49. The summed E-state index contributed by atoms with van der Waals surface area (Å²) in [6, 6.07) is 7.90. The zero-order chi connectivity index (χ0) is 11.1. The lowest BCUT2D eigenvalue weighted by atomic mass is 9.97. The van der Waals surface area contributed by atoms with E-state index in [9.17, 15) is 4.79 Å². The maximum absolute atomic E-state index is 11.8. The molecule has 0 saturated heterocycles. The summed E-state index contributed by atoms with van der Waals surface area (Å²) >= 11 is 0. The molecular formula is C13H12N2O. The van der Waals surface area contributed by atoms with Crippen molar-refractivity contribution in [3.8, 4) is 0 Å². The van der Waals surface area contributed by atoms with E-state index in [-0.39, 0.29) is 5.78 Å². The molecule has 0 atom stereocenters. The molecule has 1 aliphatic heterocycles. The molecule has 0 amide bonds. The Labute approximate surface area is 94.1 Å². The lowest BCUT2D eigenvalue weighted by molar-refractivity contribution is -0.113. The molecular weight excluding hydrogens is 200 g/mol. The molecule has 0 bridgehead atoms. The number of allylic oxidation sites excluding steroid dienone is 2. The van der Waals surface area contributed by atoms with Crippen molar-refractivity contribution in [2.45, 2.75) is 12.8 Å². The average molecular weight is 212 g/mol. The molecule has 0 radical (unpaired) electrons. The van der Waals surface area contributed by atoms with Crippen molar-refractivity contribution < 1.29 is 4.79 Å². The van der Waals surface area contributed by atoms with E-state index in [1.807, 2.05) is 31.3 Å². The van der Waals surface area contributed by atoms with E-state index in [1.165, 1.54) is 0 Å². The Morgan fingerprint density at radius 1 is 1.31 bits per heavy atom. The molecule has 3 nitrogen and oxygen atoms in total. The summed E-state index contributed by atoms with van der Waals surface area (Å²) in [5.74, 6) is 0.152. The molecule has 0 aromatic heterocycles. The molecule has 3 rings (SSSR count). The SMILES string of the molecule is CN1C2=CCCC(=O)C2=Nc2ccccc21. The number of rotatable bonds is 0. The van der Waals surface area contributed by atoms with Crippen molar-refractivity contribution in [3.05, 3.63) is 36.0 Å². The van der Waals surface area contributed by atoms with Crippen LogP contribution in [0, 0.1) is 0 Å². The van der Waals surface area contributed by atoms with Gasteiger partial charge in [-0.25, -0.2) is 4.99 Å². The number of ketones is 1. The Balaban J connectivity index is 2.23. The van der Waals surface area contributed by atoms with Gasteiger partial charge < -0.3 is 4.90 Å². The summed E-state index contributed by atoms with van der Waals surface area (Å²) in [5.41, 5.74) is 3.52.